The SMILES string of the molecule is Cc1ccccc1C1CCCC(C)(Cc2ccc(N)cc2)C1. The normalized spacial score (nSPS) is 25.1. The first-order valence-corrected chi connectivity index (χ1v) is 8.46. The molecule has 1 saturated carbocycles. The van der Waals surface area contributed by atoms with E-state index >= 15 is 0 Å². The van der Waals surface area contributed by atoms with Gasteiger partial charge >= 0.3 is 0 Å². The first-order valence-electron chi connectivity index (χ1n) is 8.46. The maximum absolute atomic E-state index is 5.81. The van der Waals surface area contributed by atoms with Gasteiger partial charge in [-0.05, 0) is 72.8 Å². The van der Waals surface area contributed by atoms with Crippen molar-refractivity contribution in [2.45, 2.75) is 51.9 Å². The van der Waals surface area contributed by atoms with Crippen molar-refractivity contribution >= 4 is 5.69 Å². The molecular weight excluding hydrogens is 266 g/mol. The van der Waals surface area contributed by atoms with Gasteiger partial charge in [0, 0.05) is 5.69 Å². The highest BCUT2D eigenvalue weighted by Crippen LogP contribution is 2.46. The van der Waals surface area contributed by atoms with Crippen molar-refractivity contribution in [3.8, 4) is 0 Å². The van der Waals surface area contributed by atoms with Gasteiger partial charge in [0.15, 0.2) is 0 Å². The minimum atomic E-state index is 0.404. The van der Waals surface area contributed by atoms with Gasteiger partial charge in [0.2, 0.25) is 0 Å². The third kappa shape index (κ3) is 3.35. The number of aryl methyl sites for hydroxylation is 1. The number of hydrogen-bond acceptors (Lipinski definition) is 1. The molecule has 0 spiro atoms. The minimum Gasteiger partial charge on any atom is -0.399 e. The number of anilines is 1. The van der Waals surface area contributed by atoms with Crippen molar-refractivity contribution in [1.82, 2.24) is 0 Å². The zero-order valence-corrected chi connectivity index (χ0v) is 13.8. The number of nitrogens with two attached hydrogens (primary N) is 1. The van der Waals surface area contributed by atoms with E-state index in [-0.39, 0.29) is 0 Å². The molecule has 22 heavy (non-hydrogen) atoms. The standard InChI is InChI=1S/C21H27N/c1-16-6-3-4-8-20(16)18-7-5-13-21(2,15-18)14-17-9-11-19(22)12-10-17/h3-4,6,8-12,18H,5,7,13-15,22H2,1-2H3. The van der Waals surface area contributed by atoms with Crippen molar-refractivity contribution in [1.29, 1.82) is 0 Å². The van der Waals surface area contributed by atoms with Crippen LogP contribution in [0.15, 0.2) is 48.5 Å². The molecule has 3 rings (SSSR count). The lowest BCUT2D eigenvalue weighted by molar-refractivity contribution is 0.192. The fourth-order valence-corrected chi connectivity index (χ4v) is 4.17. The topological polar surface area (TPSA) is 26.0 Å². The van der Waals surface area contributed by atoms with E-state index in [2.05, 4.69) is 50.2 Å². The van der Waals surface area contributed by atoms with Gasteiger partial charge in [-0.25, -0.2) is 0 Å². The zero-order valence-electron chi connectivity index (χ0n) is 13.8. The lowest BCUT2D eigenvalue weighted by atomic mass is 9.66. The molecule has 1 nitrogen and oxygen atoms in total. The second kappa shape index (κ2) is 6.16. The Bertz CT molecular complexity index is 629. The van der Waals surface area contributed by atoms with Crippen LogP contribution in [0.3, 0.4) is 0 Å². The van der Waals surface area contributed by atoms with Crippen LogP contribution in [0, 0.1) is 12.3 Å². The third-order valence-corrected chi connectivity index (χ3v) is 5.31. The average Bonchev–Trinajstić information content (AvgIpc) is 2.50. The van der Waals surface area contributed by atoms with Gasteiger partial charge in [-0.15, -0.1) is 0 Å². The summed E-state index contributed by atoms with van der Waals surface area (Å²) >= 11 is 0. The lowest BCUT2D eigenvalue weighted by Crippen LogP contribution is -2.27. The molecule has 2 N–H and O–H groups in total. The molecule has 2 aromatic carbocycles. The molecule has 0 aromatic heterocycles. The fraction of sp³-hybridized carbons (Fsp3) is 0.429. The van der Waals surface area contributed by atoms with E-state index in [1.54, 1.807) is 5.56 Å². The van der Waals surface area contributed by atoms with Crippen LogP contribution in [0.5, 0.6) is 0 Å². The van der Waals surface area contributed by atoms with E-state index in [9.17, 15) is 0 Å². The summed E-state index contributed by atoms with van der Waals surface area (Å²) in [6.07, 6.45) is 6.46. The summed E-state index contributed by atoms with van der Waals surface area (Å²) in [4.78, 5) is 0. The maximum Gasteiger partial charge on any atom is 0.0314 e. The molecule has 0 amide bonds. The number of benzene rings is 2. The van der Waals surface area contributed by atoms with Gasteiger partial charge in [-0.2, -0.15) is 0 Å². The molecule has 2 atom stereocenters. The van der Waals surface area contributed by atoms with Crippen molar-refractivity contribution in [3.63, 3.8) is 0 Å². The molecule has 0 heterocycles. The zero-order chi connectivity index (χ0) is 15.6. The molecular formula is C21H27N. The predicted octanol–water partition coefficient (Wildman–Crippen LogP) is 5.48. The van der Waals surface area contributed by atoms with Gasteiger partial charge in [0.25, 0.3) is 0 Å². The van der Waals surface area contributed by atoms with Gasteiger partial charge in [-0.3, -0.25) is 0 Å². The first kappa shape index (κ1) is 15.1. The maximum atomic E-state index is 5.81. The Morgan fingerprint density at radius 3 is 2.55 bits per heavy atom. The summed E-state index contributed by atoms with van der Waals surface area (Å²) in [7, 11) is 0. The van der Waals surface area contributed by atoms with Crippen molar-refractivity contribution in [3.05, 3.63) is 65.2 Å². The number of rotatable bonds is 3. The molecule has 0 bridgehead atoms. The monoisotopic (exact) mass is 293 g/mol. The quantitative estimate of drug-likeness (QED) is 0.745. The number of nitrogen functional groups attached to an aromatic ring is 1. The van der Waals surface area contributed by atoms with Crippen LogP contribution in [0.4, 0.5) is 5.69 Å². The summed E-state index contributed by atoms with van der Waals surface area (Å²) in [5.41, 5.74) is 11.5. The smallest absolute Gasteiger partial charge is 0.0314 e. The Balaban J connectivity index is 1.76. The molecule has 2 aromatic rings. The van der Waals surface area contributed by atoms with Crippen molar-refractivity contribution in [2.75, 3.05) is 5.73 Å². The molecule has 0 saturated heterocycles. The molecule has 0 aliphatic heterocycles. The van der Waals surface area contributed by atoms with Crippen LogP contribution in [0.1, 0.15) is 55.2 Å². The number of hydrogen-bond donors (Lipinski definition) is 1. The van der Waals surface area contributed by atoms with Gasteiger partial charge in [0.05, 0.1) is 0 Å². The molecule has 2 unspecified atom stereocenters. The van der Waals surface area contributed by atoms with E-state index in [4.69, 9.17) is 5.73 Å². The van der Waals surface area contributed by atoms with Gasteiger partial charge < -0.3 is 5.73 Å². The van der Waals surface area contributed by atoms with Crippen LogP contribution in [-0.2, 0) is 6.42 Å². The molecule has 116 valence electrons. The van der Waals surface area contributed by atoms with E-state index in [0.717, 1.165) is 12.1 Å². The van der Waals surface area contributed by atoms with Gasteiger partial charge in [0.1, 0.15) is 0 Å². The van der Waals surface area contributed by atoms with Crippen LogP contribution < -0.4 is 5.73 Å². The summed E-state index contributed by atoms with van der Waals surface area (Å²) in [6.45, 7) is 4.72. The highest BCUT2D eigenvalue weighted by Gasteiger charge is 2.33. The van der Waals surface area contributed by atoms with E-state index in [0.29, 0.717) is 11.3 Å². The molecule has 1 aliphatic carbocycles. The molecule has 1 heteroatoms. The molecule has 0 radical (unpaired) electrons. The van der Waals surface area contributed by atoms with E-state index < -0.39 is 0 Å². The molecule has 1 aliphatic rings. The summed E-state index contributed by atoms with van der Waals surface area (Å²) < 4.78 is 0. The largest absolute Gasteiger partial charge is 0.399 e. The summed E-state index contributed by atoms with van der Waals surface area (Å²) in [5, 5.41) is 0. The van der Waals surface area contributed by atoms with Gasteiger partial charge in [-0.1, -0.05) is 49.7 Å². The second-order valence-corrected chi connectivity index (χ2v) is 7.38. The Kier molecular flexibility index (Phi) is 4.24. The average molecular weight is 293 g/mol. The predicted molar refractivity (Wildman–Crippen MR) is 95.1 cm³/mol. The lowest BCUT2D eigenvalue weighted by Gasteiger charge is -2.39. The molecule has 1 fully saturated rings. The van der Waals surface area contributed by atoms with E-state index in [1.165, 1.54) is 36.8 Å². The summed E-state index contributed by atoms with van der Waals surface area (Å²) in [6, 6.07) is 17.4. The highest BCUT2D eigenvalue weighted by atomic mass is 14.5. The Morgan fingerprint density at radius 1 is 1.09 bits per heavy atom. The minimum absolute atomic E-state index is 0.404. The second-order valence-electron chi connectivity index (χ2n) is 7.38. The highest BCUT2D eigenvalue weighted by molar-refractivity contribution is 5.39. The van der Waals surface area contributed by atoms with Crippen LogP contribution in [-0.4, -0.2) is 0 Å². The summed E-state index contributed by atoms with van der Waals surface area (Å²) in [5.74, 6) is 0.716. The van der Waals surface area contributed by atoms with Crippen LogP contribution >= 0.6 is 0 Å². The van der Waals surface area contributed by atoms with Crippen molar-refractivity contribution in [2.24, 2.45) is 5.41 Å². The third-order valence-electron chi connectivity index (χ3n) is 5.31. The Hall–Kier alpha value is -1.76. The van der Waals surface area contributed by atoms with Crippen molar-refractivity contribution < 1.29 is 0 Å². The van der Waals surface area contributed by atoms with Crippen LogP contribution in [0.25, 0.3) is 0 Å². The van der Waals surface area contributed by atoms with E-state index in [1.807, 2.05) is 12.1 Å². The van der Waals surface area contributed by atoms with Crippen LogP contribution in [0.2, 0.25) is 0 Å². The Labute approximate surface area is 134 Å². The fourth-order valence-electron chi connectivity index (χ4n) is 4.17. The first-order chi connectivity index (χ1) is 10.6. The Morgan fingerprint density at radius 2 is 1.82 bits per heavy atom.